The molecule has 2 aliphatic rings. The van der Waals surface area contributed by atoms with E-state index >= 15 is 0 Å². The zero-order valence-electron chi connectivity index (χ0n) is 31.6. The number of carbonyl (C=O) groups excluding carboxylic acids is 2. The van der Waals surface area contributed by atoms with Gasteiger partial charge in [0.05, 0.1) is 42.3 Å². The molecule has 9 rings (SSSR count). The van der Waals surface area contributed by atoms with E-state index < -0.39 is 0 Å². The summed E-state index contributed by atoms with van der Waals surface area (Å²) < 4.78 is 5.43. The van der Waals surface area contributed by atoms with E-state index in [-0.39, 0.29) is 36.4 Å². The number of H-pyrrole nitrogens is 2. The van der Waals surface area contributed by atoms with E-state index in [2.05, 4.69) is 63.7 Å². The second-order valence-corrected chi connectivity index (χ2v) is 15.0. The summed E-state index contributed by atoms with van der Waals surface area (Å²) in [5.41, 5.74) is 8.47. The minimum atomic E-state index is -0.344. The molecule has 2 fully saturated rings. The van der Waals surface area contributed by atoms with Gasteiger partial charge in [-0.05, 0) is 79.7 Å². The Morgan fingerprint density at radius 2 is 1.25 bits per heavy atom. The molecule has 7 aromatic rings. The van der Waals surface area contributed by atoms with Crippen molar-refractivity contribution in [3.63, 3.8) is 0 Å². The lowest BCUT2D eigenvalue weighted by Gasteiger charge is -2.31. The van der Waals surface area contributed by atoms with Gasteiger partial charge in [0.2, 0.25) is 11.8 Å². The first-order chi connectivity index (χ1) is 27.4. The van der Waals surface area contributed by atoms with Crippen molar-refractivity contribution in [2.24, 2.45) is 0 Å². The fourth-order valence-corrected chi connectivity index (χ4v) is 8.42. The van der Waals surface area contributed by atoms with Gasteiger partial charge in [0.15, 0.2) is 5.58 Å². The van der Waals surface area contributed by atoms with E-state index in [4.69, 9.17) is 14.5 Å². The summed E-state index contributed by atoms with van der Waals surface area (Å²) in [4.78, 5) is 49.8. The second kappa shape index (κ2) is 15.1. The predicted molar refractivity (Wildman–Crippen MR) is 215 cm³/mol. The smallest absolute Gasteiger partial charge is 0.245 e. The number of aromatic amines is 2. The Hall–Kier alpha value is -6.33. The molecule has 0 saturated carbocycles. The van der Waals surface area contributed by atoms with Crippen molar-refractivity contribution in [2.75, 3.05) is 27.2 Å². The summed E-state index contributed by atoms with van der Waals surface area (Å²) in [5, 5.41) is 5.05. The molecule has 2 amide bonds. The lowest BCUT2D eigenvalue weighted by Crippen LogP contribution is -2.40. The largest absolute Gasteiger partial charge is 0.356 e. The van der Waals surface area contributed by atoms with Crippen LogP contribution in [0.5, 0.6) is 0 Å². The normalized spacial score (nSPS) is 17.6. The van der Waals surface area contributed by atoms with Crippen molar-refractivity contribution >= 4 is 22.8 Å². The van der Waals surface area contributed by atoms with Crippen LogP contribution in [0, 0.1) is 0 Å². The molecule has 0 aliphatic carbocycles. The number of hydrogen-bond donors (Lipinski definition) is 2. The molecule has 11 nitrogen and oxygen atoms in total. The lowest BCUT2D eigenvalue weighted by atomic mass is 10.0. The van der Waals surface area contributed by atoms with Gasteiger partial charge >= 0.3 is 0 Å². The number of nitrogens with zero attached hydrogens (tertiary/aromatic N) is 6. The van der Waals surface area contributed by atoms with E-state index in [0.717, 1.165) is 88.5 Å². The number of likely N-dealkylation sites (tertiary alicyclic amines) is 2. The van der Waals surface area contributed by atoms with Crippen molar-refractivity contribution < 1.29 is 14.1 Å². The number of aromatic nitrogens is 5. The number of fused-ring (bicyclic) bond motifs is 1. The van der Waals surface area contributed by atoms with Gasteiger partial charge < -0.3 is 24.3 Å². The minimum absolute atomic E-state index is 0.0256. The molecule has 3 aromatic heterocycles. The van der Waals surface area contributed by atoms with E-state index in [9.17, 15) is 9.59 Å². The first-order valence-electron chi connectivity index (χ1n) is 19.4. The van der Waals surface area contributed by atoms with Crippen LogP contribution < -0.4 is 0 Å². The number of carbonyl (C=O) groups is 2. The van der Waals surface area contributed by atoms with Crippen molar-refractivity contribution in [1.29, 1.82) is 0 Å². The third kappa shape index (κ3) is 6.79. The zero-order valence-corrected chi connectivity index (χ0v) is 31.6. The number of likely N-dealkylation sites (N-methyl/N-ethyl adjacent to an activating group) is 1. The Labute approximate surface area is 325 Å². The monoisotopic (exact) mass is 744 g/mol. The van der Waals surface area contributed by atoms with Crippen molar-refractivity contribution in [3.8, 4) is 33.6 Å². The van der Waals surface area contributed by atoms with Gasteiger partial charge in [0.1, 0.15) is 23.4 Å². The fourth-order valence-electron chi connectivity index (χ4n) is 8.42. The quantitative estimate of drug-likeness (QED) is 0.145. The molecule has 5 heterocycles. The molecule has 2 saturated heterocycles. The SMILES string of the molecule is CN(C)C(C(=O)N1CCC[C@H]1c1ncc(-c2ccc(-c3ccc(-c4cnc([C@@H]5CCCN5C(=O)Cc5noc6ccccc56)[nH]4)cc3)cc2)[nH]1)c1ccccc1. The number of benzene rings is 4. The number of para-hydroxylation sites is 1. The highest BCUT2D eigenvalue weighted by atomic mass is 16.5. The maximum absolute atomic E-state index is 13.9. The average molecular weight is 745 g/mol. The van der Waals surface area contributed by atoms with Crippen LogP contribution in [0.15, 0.2) is 120 Å². The summed E-state index contributed by atoms with van der Waals surface area (Å²) in [6, 6.07) is 34.0. The molecule has 4 aromatic carbocycles. The minimum Gasteiger partial charge on any atom is -0.356 e. The van der Waals surface area contributed by atoms with Crippen molar-refractivity contribution in [2.45, 2.75) is 50.2 Å². The maximum Gasteiger partial charge on any atom is 0.245 e. The van der Waals surface area contributed by atoms with Crippen LogP contribution in [-0.4, -0.2) is 78.8 Å². The summed E-state index contributed by atoms with van der Waals surface area (Å²) in [6.07, 6.45) is 7.53. The molecule has 0 bridgehead atoms. The Kier molecular flexibility index (Phi) is 9.52. The van der Waals surface area contributed by atoms with Gasteiger partial charge in [-0.1, -0.05) is 96.2 Å². The van der Waals surface area contributed by atoms with E-state index in [1.54, 1.807) is 0 Å². The Morgan fingerprint density at radius 3 is 1.86 bits per heavy atom. The highest BCUT2D eigenvalue weighted by molar-refractivity contribution is 5.87. The summed E-state index contributed by atoms with van der Waals surface area (Å²) in [7, 11) is 3.91. The zero-order chi connectivity index (χ0) is 38.2. The highest BCUT2D eigenvalue weighted by Crippen LogP contribution is 2.36. The first-order valence-corrected chi connectivity index (χ1v) is 19.4. The van der Waals surface area contributed by atoms with Gasteiger partial charge in [-0.2, -0.15) is 0 Å². The van der Waals surface area contributed by atoms with Crippen LogP contribution in [0.4, 0.5) is 0 Å². The van der Waals surface area contributed by atoms with Crippen LogP contribution in [0.2, 0.25) is 0 Å². The average Bonchev–Trinajstić information content (AvgIpc) is 4.08. The number of hydrogen-bond acceptors (Lipinski definition) is 7. The number of imidazole rings is 2. The molecule has 2 N–H and O–H groups in total. The number of nitrogens with one attached hydrogen (secondary N) is 2. The summed E-state index contributed by atoms with van der Waals surface area (Å²) in [5.74, 6) is 1.75. The van der Waals surface area contributed by atoms with Crippen molar-refractivity contribution in [1.82, 2.24) is 39.8 Å². The van der Waals surface area contributed by atoms with Crippen LogP contribution in [0.1, 0.15) is 66.7 Å². The third-order valence-electron chi connectivity index (χ3n) is 11.3. The van der Waals surface area contributed by atoms with Crippen molar-refractivity contribution in [3.05, 3.63) is 138 Å². The van der Waals surface area contributed by atoms with E-state index in [1.165, 1.54) is 0 Å². The lowest BCUT2D eigenvalue weighted by molar-refractivity contribution is -0.137. The van der Waals surface area contributed by atoms with E-state index in [0.29, 0.717) is 17.8 Å². The molecule has 282 valence electrons. The van der Waals surface area contributed by atoms with Gasteiger partial charge in [0.25, 0.3) is 0 Å². The number of rotatable bonds is 10. The van der Waals surface area contributed by atoms with Crippen LogP contribution in [0.25, 0.3) is 44.6 Å². The number of amides is 2. The molecular weight excluding hydrogens is 701 g/mol. The van der Waals surface area contributed by atoms with Crippen LogP contribution in [-0.2, 0) is 16.0 Å². The second-order valence-electron chi connectivity index (χ2n) is 15.0. The molecule has 1 unspecified atom stereocenters. The van der Waals surface area contributed by atoms with E-state index in [1.807, 2.05) is 95.8 Å². The van der Waals surface area contributed by atoms with Gasteiger partial charge in [0, 0.05) is 18.5 Å². The summed E-state index contributed by atoms with van der Waals surface area (Å²) >= 11 is 0. The molecule has 3 atom stereocenters. The maximum atomic E-state index is 13.9. The Bertz CT molecular complexity index is 2470. The van der Waals surface area contributed by atoms with Gasteiger partial charge in [-0.3, -0.25) is 14.5 Å². The molecule has 11 heteroatoms. The van der Waals surface area contributed by atoms with Crippen LogP contribution in [0.3, 0.4) is 0 Å². The van der Waals surface area contributed by atoms with Crippen LogP contribution >= 0.6 is 0 Å². The first kappa shape index (κ1) is 35.4. The fraction of sp³-hybridized carbons (Fsp3) is 0.267. The van der Waals surface area contributed by atoms with Gasteiger partial charge in [-0.25, -0.2) is 9.97 Å². The molecule has 56 heavy (non-hydrogen) atoms. The van der Waals surface area contributed by atoms with Gasteiger partial charge in [-0.15, -0.1) is 0 Å². The molecule has 0 radical (unpaired) electrons. The topological polar surface area (TPSA) is 127 Å². The Balaban J connectivity index is 0.851. The highest BCUT2D eigenvalue weighted by Gasteiger charge is 2.37. The molecular formula is C45H44N8O3. The molecule has 0 spiro atoms. The summed E-state index contributed by atoms with van der Waals surface area (Å²) in [6.45, 7) is 1.41. The molecule has 2 aliphatic heterocycles. The standard InChI is InChI=1S/C45H44N8O3/c1-51(2)42(33-10-4-3-5-11-33)45(55)53-25-9-14-39(53)44-47-28-37(49-44)32-22-18-30(19-23-32)29-16-20-31(21-17-29)36-27-46-43(48-36)38-13-8-24-52(38)41(54)26-35-34-12-6-7-15-40(34)56-50-35/h3-7,10-12,15-23,27-28,38-39,42H,8-9,13-14,24-26H2,1-2H3,(H,46,48)(H,47,49)/t38-,39-,42?/m0/s1. The predicted octanol–water partition coefficient (Wildman–Crippen LogP) is 8.15. The third-order valence-corrected chi connectivity index (χ3v) is 11.3. The Morgan fingerprint density at radius 1 is 0.714 bits per heavy atom.